The quantitative estimate of drug-likeness (QED) is 0.899. The third-order valence-electron chi connectivity index (χ3n) is 2.98. The fourth-order valence-electron chi connectivity index (χ4n) is 1.92. The van der Waals surface area contributed by atoms with Crippen LogP contribution in [0.3, 0.4) is 0 Å². The Bertz CT molecular complexity index is 507. The summed E-state index contributed by atoms with van der Waals surface area (Å²) in [5, 5.41) is 4.29. The van der Waals surface area contributed by atoms with Gasteiger partial charge in [-0.05, 0) is 31.0 Å². The van der Waals surface area contributed by atoms with Gasteiger partial charge in [-0.15, -0.1) is 0 Å². The van der Waals surface area contributed by atoms with Crippen LogP contribution >= 0.6 is 11.6 Å². The molecule has 18 heavy (non-hydrogen) atoms. The van der Waals surface area contributed by atoms with Crippen LogP contribution in [0.1, 0.15) is 18.2 Å². The standard InChI is InChI=1S/C14H18ClN3/c1-11(6-12-4-3-5-13(15)7-12)17-9-14-8-16-10-18(14)2/h3-5,7-8,10-11,17H,6,9H2,1-2H3. The van der Waals surface area contributed by atoms with Crippen LogP contribution in [0.25, 0.3) is 0 Å². The highest BCUT2D eigenvalue weighted by Gasteiger charge is 2.05. The molecule has 3 nitrogen and oxygen atoms in total. The van der Waals surface area contributed by atoms with Gasteiger partial charge in [-0.2, -0.15) is 0 Å². The molecule has 0 fully saturated rings. The molecule has 2 rings (SSSR count). The molecule has 0 bridgehead atoms. The van der Waals surface area contributed by atoms with Gasteiger partial charge in [0.1, 0.15) is 0 Å². The van der Waals surface area contributed by atoms with Gasteiger partial charge in [0.15, 0.2) is 0 Å². The van der Waals surface area contributed by atoms with E-state index in [1.165, 1.54) is 11.3 Å². The first-order valence-electron chi connectivity index (χ1n) is 6.08. The highest BCUT2D eigenvalue weighted by atomic mass is 35.5. The van der Waals surface area contributed by atoms with Gasteiger partial charge in [-0.3, -0.25) is 0 Å². The van der Waals surface area contributed by atoms with E-state index in [4.69, 9.17) is 11.6 Å². The maximum Gasteiger partial charge on any atom is 0.0945 e. The topological polar surface area (TPSA) is 29.9 Å². The van der Waals surface area contributed by atoms with Gasteiger partial charge in [0.2, 0.25) is 0 Å². The summed E-state index contributed by atoms with van der Waals surface area (Å²) in [7, 11) is 2.01. The zero-order valence-corrected chi connectivity index (χ0v) is 11.5. The molecular weight excluding hydrogens is 246 g/mol. The number of nitrogens with one attached hydrogen (secondary N) is 1. The number of aromatic nitrogens is 2. The number of nitrogens with zero attached hydrogens (tertiary/aromatic N) is 2. The van der Waals surface area contributed by atoms with E-state index < -0.39 is 0 Å². The zero-order valence-electron chi connectivity index (χ0n) is 10.7. The van der Waals surface area contributed by atoms with Crippen LogP contribution in [-0.2, 0) is 20.0 Å². The van der Waals surface area contributed by atoms with Crippen molar-refractivity contribution in [3.05, 3.63) is 53.1 Å². The molecular formula is C14H18ClN3. The van der Waals surface area contributed by atoms with E-state index in [1.54, 1.807) is 0 Å². The summed E-state index contributed by atoms with van der Waals surface area (Å²) in [6.45, 7) is 3.01. The van der Waals surface area contributed by atoms with E-state index >= 15 is 0 Å². The minimum absolute atomic E-state index is 0.401. The fourth-order valence-corrected chi connectivity index (χ4v) is 2.14. The number of hydrogen-bond donors (Lipinski definition) is 1. The first kappa shape index (κ1) is 13.1. The first-order valence-corrected chi connectivity index (χ1v) is 6.46. The lowest BCUT2D eigenvalue weighted by Crippen LogP contribution is -2.28. The van der Waals surface area contributed by atoms with Gasteiger partial charge in [0, 0.05) is 30.9 Å². The minimum Gasteiger partial charge on any atom is -0.337 e. The first-order chi connectivity index (χ1) is 8.65. The molecule has 1 unspecified atom stereocenters. The third-order valence-corrected chi connectivity index (χ3v) is 3.21. The average molecular weight is 264 g/mol. The second kappa shape index (κ2) is 6.03. The number of rotatable bonds is 5. The number of benzene rings is 1. The maximum absolute atomic E-state index is 5.98. The molecule has 0 amide bonds. The number of imidazole rings is 1. The van der Waals surface area contributed by atoms with E-state index in [0.717, 1.165) is 18.0 Å². The smallest absolute Gasteiger partial charge is 0.0945 e. The van der Waals surface area contributed by atoms with Crippen molar-refractivity contribution in [2.75, 3.05) is 0 Å². The van der Waals surface area contributed by atoms with Crippen LogP contribution in [0.2, 0.25) is 5.02 Å². The SMILES string of the molecule is CC(Cc1cccc(Cl)c1)NCc1cncn1C. The molecule has 2 aromatic rings. The van der Waals surface area contributed by atoms with Gasteiger partial charge in [-0.1, -0.05) is 23.7 Å². The van der Waals surface area contributed by atoms with E-state index in [1.807, 2.05) is 42.3 Å². The summed E-state index contributed by atoms with van der Waals surface area (Å²) in [5.41, 5.74) is 2.44. The van der Waals surface area contributed by atoms with Crippen LogP contribution in [-0.4, -0.2) is 15.6 Å². The lowest BCUT2D eigenvalue weighted by atomic mass is 10.1. The van der Waals surface area contributed by atoms with Crippen molar-refractivity contribution in [3.63, 3.8) is 0 Å². The maximum atomic E-state index is 5.98. The molecule has 96 valence electrons. The molecule has 1 aromatic carbocycles. The molecule has 0 spiro atoms. The van der Waals surface area contributed by atoms with Crippen molar-refractivity contribution in [2.24, 2.45) is 7.05 Å². The average Bonchev–Trinajstić information content (AvgIpc) is 2.72. The second-order valence-corrected chi connectivity index (χ2v) is 5.05. The van der Waals surface area contributed by atoms with Gasteiger partial charge in [-0.25, -0.2) is 4.98 Å². The molecule has 1 N–H and O–H groups in total. The Labute approximate surface area is 113 Å². The van der Waals surface area contributed by atoms with Crippen molar-refractivity contribution in [3.8, 4) is 0 Å². The van der Waals surface area contributed by atoms with Gasteiger partial charge < -0.3 is 9.88 Å². The van der Waals surface area contributed by atoms with E-state index in [2.05, 4.69) is 23.3 Å². The van der Waals surface area contributed by atoms with Crippen molar-refractivity contribution in [1.29, 1.82) is 0 Å². The predicted molar refractivity (Wildman–Crippen MR) is 74.7 cm³/mol. The molecule has 0 aliphatic carbocycles. The summed E-state index contributed by atoms with van der Waals surface area (Å²) in [4.78, 5) is 4.10. The summed E-state index contributed by atoms with van der Waals surface area (Å²) in [5.74, 6) is 0. The van der Waals surface area contributed by atoms with Crippen molar-refractivity contribution in [2.45, 2.75) is 25.9 Å². The number of halogens is 1. The molecule has 1 aromatic heterocycles. The highest BCUT2D eigenvalue weighted by Crippen LogP contribution is 2.12. The van der Waals surface area contributed by atoms with Gasteiger partial charge in [0.25, 0.3) is 0 Å². The van der Waals surface area contributed by atoms with Crippen molar-refractivity contribution >= 4 is 11.6 Å². The molecule has 4 heteroatoms. The molecule has 1 heterocycles. The van der Waals surface area contributed by atoms with Crippen LogP contribution < -0.4 is 5.32 Å². The van der Waals surface area contributed by atoms with Crippen molar-refractivity contribution < 1.29 is 0 Å². The Morgan fingerprint density at radius 1 is 1.44 bits per heavy atom. The van der Waals surface area contributed by atoms with Crippen LogP contribution in [0, 0.1) is 0 Å². The summed E-state index contributed by atoms with van der Waals surface area (Å²) in [6.07, 6.45) is 4.68. The monoisotopic (exact) mass is 263 g/mol. The van der Waals surface area contributed by atoms with E-state index in [-0.39, 0.29) is 0 Å². The Kier molecular flexibility index (Phi) is 4.39. The summed E-state index contributed by atoms with van der Waals surface area (Å²) >= 11 is 5.98. The molecule has 0 aliphatic heterocycles. The Morgan fingerprint density at radius 2 is 2.28 bits per heavy atom. The molecule has 0 saturated heterocycles. The zero-order chi connectivity index (χ0) is 13.0. The second-order valence-electron chi connectivity index (χ2n) is 4.61. The highest BCUT2D eigenvalue weighted by molar-refractivity contribution is 6.30. The normalized spacial score (nSPS) is 12.6. The predicted octanol–water partition coefficient (Wildman–Crippen LogP) is 2.79. The molecule has 1 atom stereocenters. The lowest BCUT2D eigenvalue weighted by molar-refractivity contribution is 0.532. The molecule has 0 radical (unpaired) electrons. The number of hydrogen-bond acceptors (Lipinski definition) is 2. The van der Waals surface area contributed by atoms with E-state index in [0.29, 0.717) is 6.04 Å². The number of aryl methyl sites for hydroxylation is 1. The van der Waals surface area contributed by atoms with Crippen LogP contribution in [0.4, 0.5) is 0 Å². The minimum atomic E-state index is 0.401. The van der Waals surface area contributed by atoms with E-state index in [9.17, 15) is 0 Å². The summed E-state index contributed by atoms with van der Waals surface area (Å²) < 4.78 is 2.03. The van der Waals surface area contributed by atoms with Gasteiger partial charge in [0.05, 0.1) is 12.0 Å². The van der Waals surface area contributed by atoms with Crippen LogP contribution in [0.5, 0.6) is 0 Å². The Hall–Kier alpha value is -1.32. The molecule has 0 saturated carbocycles. The molecule has 0 aliphatic rings. The third kappa shape index (κ3) is 3.59. The largest absolute Gasteiger partial charge is 0.337 e. The van der Waals surface area contributed by atoms with Crippen molar-refractivity contribution in [1.82, 2.24) is 14.9 Å². The van der Waals surface area contributed by atoms with Gasteiger partial charge >= 0.3 is 0 Å². The van der Waals surface area contributed by atoms with Crippen LogP contribution in [0.15, 0.2) is 36.8 Å². The Morgan fingerprint density at radius 3 is 2.94 bits per heavy atom. The fraction of sp³-hybridized carbons (Fsp3) is 0.357. The Balaban J connectivity index is 1.86. The summed E-state index contributed by atoms with van der Waals surface area (Å²) in [6, 6.07) is 8.42. The lowest BCUT2D eigenvalue weighted by Gasteiger charge is -2.14.